The predicted octanol–water partition coefficient (Wildman–Crippen LogP) is 2.09. The maximum absolute atomic E-state index is 12.2. The fourth-order valence-electron chi connectivity index (χ4n) is 3.93. The van der Waals surface area contributed by atoms with E-state index in [1.165, 1.54) is 0 Å². The molecule has 2 N–H and O–H groups in total. The van der Waals surface area contributed by atoms with Crippen molar-refractivity contribution in [3.05, 3.63) is 58.6 Å². The van der Waals surface area contributed by atoms with E-state index in [0.717, 1.165) is 35.0 Å². The molecular weight excluding hydrogens is 396 g/mol. The molecule has 158 valence electrons. The van der Waals surface area contributed by atoms with Gasteiger partial charge in [-0.3, -0.25) is 14.7 Å². The maximum Gasteiger partial charge on any atom is 0.420 e. The monoisotopic (exact) mass is 418 g/mol. The first-order valence-electron chi connectivity index (χ1n) is 10.4. The van der Waals surface area contributed by atoms with Gasteiger partial charge in [-0.05, 0) is 41.7 Å². The zero-order chi connectivity index (χ0) is 21.4. The maximum atomic E-state index is 12.2. The van der Waals surface area contributed by atoms with Crippen LogP contribution < -0.4 is 16.4 Å². The highest BCUT2D eigenvalue weighted by atomic mass is 16.5. The van der Waals surface area contributed by atoms with Crippen LogP contribution in [0.5, 0.6) is 0 Å². The highest BCUT2D eigenvalue weighted by Crippen LogP contribution is 2.37. The Balaban J connectivity index is 1.31. The van der Waals surface area contributed by atoms with Gasteiger partial charge in [0.1, 0.15) is 12.1 Å². The predicted molar refractivity (Wildman–Crippen MR) is 113 cm³/mol. The molecule has 8 heteroatoms. The zero-order valence-corrected chi connectivity index (χ0v) is 16.8. The molecule has 31 heavy (non-hydrogen) atoms. The Hall–Kier alpha value is -3.41. The number of amides is 1. The molecule has 2 fully saturated rings. The van der Waals surface area contributed by atoms with E-state index < -0.39 is 12.1 Å². The second kappa shape index (κ2) is 8.02. The fourth-order valence-corrected chi connectivity index (χ4v) is 3.93. The molecule has 1 saturated heterocycles. The molecule has 3 aromatic rings. The van der Waals surface area contributed by atoms with Gasteiger partial charge in [-0.25, -0.2) is 4.79 Å². The summed E-state index contributed by atoms with van der Waals surface area (Å²) in [6, 6.07) is 15.4. The molecule has 8 nitrogen and oxygen atoms in total. The van der Waals surface area contributed by atoms with Crippen LogP contribution in [0.25, 0.3) is 22.2 Å². The normalized spacial score (nSPS) is 19.3. The molecule has 2 atom stereocenters. The lowest BCUT2D eigenvalue weighted by Gasteiger charge is -2.15. The van der Waals surface area contributed by atoms with E-state index in [9.17, 15) is 14.9 Å². The average Bonchev–Trinajstić information content (AvgIpc) is 3.33. The number of aromatic nitrogens is 1. The first-order chi connectivity index (χ1) is 15.1. The quantitative estimate of drug-likeness (QED) is 0.635. The van der Waals surface area contributed by atoms with Crippen molar-refractivity contribution in [2.75, 3.05) is 13.3 Å². The molecule has 1 aliphatic carbocycles. The third-order valence-corrected chi connectivity index (χ3v) is 5.73. The Morgan fingerprint density at radius 1 is 1.23 bits per heavy atom. The summed E-state index contributed by atoms with van der Waals surface area (Å²) in [5, 5.41) is 15.1. The summed E-state index contributed by atoms with van der Waals surface area (Å²) in [6.07, 6.45) is 1.87. The molecular formula is C23H22N4O4. The Kier molecular flexibility index (Phi) is 5.06. The number of oxazole rings is 1. The third kappa shape index (κ3) is 3.98. The van der Waals surface area contributed by atoms with Crippen molar-refractivity contribution in [2.24, 2.45) is 0 Å². The molecule has 0 spiro atoms. The molecule has 2 aromatic carbocycles. The van der Waals surface area contributed by atoms with Crippen LogP contribution in [-0.4, -0.2) is 35.9 Å². The van der Waals surface area contributed by atoms with Gasteiger partial charge in [0.15, 0.2) is 5.58 Å². The minimum atomic E-state index is -0.627. The first-order valence-corrected chi connectivity index (χ1v) is 10.4. The number of rotatable bonds is 6. The van der Waals surface area contributed by atoms with E-state index in [1.807, 2.05) is 42.5 Å². The number of nitrogens with one attached hydrogen (secondary N) is 2. The number of carbonyl (C=O) groups excluding carboxylic acids is 1. The van der Waals surface area contributed by atoms with Gasteiger partial charge >= 0.3 is 5.76 Å². The number of hydrogen-bond acceptors (Lipinski definition) is 6. The van der Waals surface area contributed by atoms with Crippen LogP contribution in [0, 0.1) is 11.3 Å². The van der Waals surface area contributed by atoms with E-state index >= 15 is 0 Å². The zero-order valence-electron chi connectivity index (χ0n) is 16.8. The van der Waals surface area contributed by atoms with Gasteiger partial charge in [-0.15, -0.1) is 0 Å². The molecule has 0 bridgehead atoms. The average molecular weight is 418 g/mol. The molecule has 0 unspecified atom stereocenters. The van der Waals surface area contributed by atoms with Crippen LogP contribution in [0.2, 0.25) is 0 Å². The Morgan fingerprint density at radius 3 is 2.68 bits per heavy atom. The number of benzene rings is 2. The standard InChI is InChI=1S/C23H22N4O4/c24-11-17(26-22(28)21-12-25-13-30-21)9-14-1-3-15(4-2-14)16-5-8-20-19(10-16)27(18-6-7-18)23(29)31-20/h1-5,8,10,17-18,21,25H,6-7,9,12-13H2,(H,26,28)/t17-,21-/m0/s1. The van der Waals surface area contributed by atoms with Crippen LogP contribution in [0.1, 0.15) is 24.4 Å². The van der Waals surface area contributed by atoms with E-state index in [2.05, 4.69) is 16.7 Å². The van der Waals surface area contributed by atoms with E-state index in [1.54, 1.807) is 4.57 Å². The van der Waals surface area contributed by atoms with Gasteiger partial charge in [0.2, 0.25) is 0 Å². The van der Waals surface area contributed by atoms with Gasteiger partial charge in [-0.1, -0.05) is 30.3 Å². The second-order valence-corrected chi connectivity index (χ2v) is 8.00. The summed E-state index contributed by atoms with van der Waals surface area (Å²) in [7, 11) is 0. The van der Waals surface area contributed by atoms with Crippen LogP contribution in [-0.2, 0) is 16.0 Å². The third-order valence-electron chi connectivity index (χ3n) is 5.73. The van der Waals surface area contributed by atoms with Crippen molar-refractivity contribution >= 4 is 17.0 Å². The van der Waals surface area contributed by atoms with Crippen LogP contribution in [0.15, 0.2) is 51.7 Å². The van der Waals surface area contributed by atoms with Crippen LogP contribution in [0.4, 0.5) is 0 Å². The SMILES string of the molecule is N#C[C@H](Cc1ccc(-c2ccc3oc(=O)n(C4CC4)c3c2)cc1)NC(=O)[C@@H]1CNCO1. The lowest BCUT2D eigenvalue weighted by Crippen LogP contribution is -2.43. The van der Waals surface area contributed by atoms with Crippen LogP contribution in [0.3, 0.4) is 0 Å². The van der Waals surface area contributed by atoms with Crippen molar-refractivity contribution in [1.29, 1.82) is 5.26 Å². The van der Waals surface area contributed by atoms with Crippen molar-refractivity contribution in [3.8, 4) is 17.2 Å². The highest BCUT2D eigenvalue weighted by Gasteiger charge is 2.28. The molecule has 0 radical (unpaired) electrons. The number of hydrogen-bond donors (Lipinski definition) is 2. The smallest absolute Gasteiger partial charge is 0.408 e. The van der Waals surface area contributed by atoms with Crippen molar-refractivity contribution in [1.82, 2.24) is 15.2 Å². The number of nitrogens with zero attached hydrogens (tertiary/aromatic N) is 2. The van der Waals surface area contributed by atoms with Gasteiger partial charge in [0.25, 0.3) is 5.91 Å². The topological polar surface area (TPSA) is 109 Å². The Bertz CT molecular complexity index is 1210. The van der Waals surface area contributed by atoms with Gasteiger partial charge in [-0.2, -0.15) is 5.26 Å². The Morgan fingerprint density at radius 2 is 2.00 bits per heavy atom. The van der Waals surface area contributed by atoms with Crippen molar-refractivity contribution in [3.63, 3.8) is 0 Å². The minimum Gasteiger partial charge on any atom is -0.408 e. The summed E-state index contributed by atoms with van der Waals surface area (Å²) < 4.78 is 12.4. The molecule has 5 rings (SSSR count). The van der Waals surface area contributed by atoms with E-state index in [-0.39, 0.29) is 17.7 Å². The molecule has 1 aromatic heterocycles. The second-order valence-electron chi connectivity index (χ2n) is 8.00. The minimum absolute atomic E-state index is 0.245. The lowest BCUT2D eigenvalue weighted by atomic mass is 10.0. The Labute approximate surface area is 178 Å². The largest absolute Gasteiger partial charge is 0.420 e. The van der Waals surface area contributed by atoms with Crippen LogP contribution >= 0.6 is 0 Å². The number of carbonyl (C=O) groups is 1. The number of nitriles is 1. The van der Waals surface area contributed by atoms with E-state index in [4.69, 9.17) is 9.15 Å². The summed E-state index contributed by atoms with van der Waals surface area (Å²) in [5.41, 5.74) is 4.37. The fraction of sp³-hybridized carbons (Fsp3) is 0.348. The molecule has 1 saturated carbocycles. The molecule has 1 amide bonds. The van der Waals surface area contributed by atoms with Gasteiger partial charge in [0, 0.05) is 19.0 Å². The number of fused-ring (bicyclic) bond motifs is 1. The first kappa shape index (κ1) is 19.5. The molecule has 2 aliphatic rings. The van der Waals surface area contributed by atoms with Gasteiger partial charge < -0.3 is 14.5 Å². The molecule has 2 heterocycles. The number of ether oxygens (including phenoxy) is 1. The summed E-state index contributed by atoms with van der Waals surface area (Å²) in [4.78, 5) is 24.3. The van der Waals surface area contributed by atoms with Crippen molar-refractivity contribution in [2.45, 2.75) is 37.5 Å². The van der Waals surface area contributed by atoms with E-state index in [0.29, 0.717) is 25.3 Å². The summed E-state index contributed by atoms with van der Waals surface area (Å²) >= 11 is 0. The molecule has 1 aliphatic heterocycles. The highest BCUT2D eigenvalue weighted by molar-refractivity contribution is 5.82. The summed E-state index contributed by atoms with van der Waals surface area (Å²) in [5.74, 6) is -0.573. The lowest BCUT2D eigenvalue weighted by molar-refractivity contribution is -0.129. The van der Waals surface area contributed by atoms with Gasteiger partial charge in [0.05, 0.1) is 18.3 Å². The van der Waals surface area contributed by atoms with Crippen molar-refractivity contribution < 1.29 is 13.9 Å². The summed E-state index contributed by atoms with van der Waals surface area (Å²) in [6.45, 7) is 0.798.